The van der Waals surface area contributed by atoms with Crippen molar-refractivity contribution in [2.24, 2.45) is 7.05 Å². The van der Waals surface area contributed by atoms with Crippen molar-refractivity contribution >= 4 is 28.9 Å². The standard InChI is InChI=1S/C17H26N4O4S/c1-4-6-7-8-9-10-21-13-14(20(3)16(24)19-15(13)23)18-17(21)26-11-12(22)25-5-2/h4-11H2,1-3H3,(H,19,23,24). The van der Waals surface area contributed by atoms with E-state index in [4.69, 9.17) is 4.74 Å². The van der Waals surface area contributed by atoms with Crippen LogP contribution in [-0.4, -0.2) is 37.4 Å². The van der Waals surface area contributed by atoms with Gasteiger partial charge in [-0.05, 0) is 13.3 Å². The van der Waals surface area contributed by atoms with Gasteiger partial charge in [0.15, 0.2) is 16.3 Å². The Morgan fingerprint density at radius 3 is 2.62 bits per heavy atom. The lowest BCUT2D eigenvalue weighted by atomic mass is 10.1. The zero-order chi connectivity index (χ0) is 19.1. The fourth-order valence-corrected chi connectivity index (χ4v) is 3.55. The number of hydrogen-bond donors (Lipinski definition) is 1. The minimum absolute atomic E-state index is 0.110. The zero-order valence-electron chi connectivity index (χ0n) is 15.5. The summed E-state index contributed by atoms with van der Waals surface area (Å²) >= 11 is 1.22. The molecular weight excluding hydrogens is 356 g/mol. The van der Waals surface area contributed by atoms with Crippen LogP contribution in [0.3, 0.4) is 0 Å². The molecule has 1 N–H and O–H groups in total. The van der Waals surface area contributed by atoms with Crippen molar-refractivity contribution in [3.63, 3.8) is 0 Å². The van der Waals surface area contributed by atoms with Crippen LogP contribution in [0.2, 0.25) is 0 Å². The summed E-state index contributed by atoms with van der Waals surface area (Å²) in [6.07, 6.45) is 5.45. The molecule has 0 bridgehead atoms. The summed E-state index contributed by atoms with van der Waals surface area (Å²) in [7, 11) is 1.57. The zero-order valence-corrected chi connectivity index (χ0v) is 16.4. The number of carbonyl (C=O) groups is 1. The number of carbonyl (C=O) groups excluding carboxylic acids is 1. The van der Waals surface area contributed by atoms with Crippen LogP contribution in [0, 0.1) is 0 Å². The molecule has 8 nitrogen and oxygen atoms in total. The van der Waals surface area contributed by atoms with Crippen molar-refractivity contribution in [3.05, 3.63) is 20.8 Å². The van der Waals surface area contributed by atoms with Gasteiger partial charge in [-0.1, -0.05) is 44.4 Å². The molecule has 144 valence electrons. The first kappa shape index (κ1) is 20.3. The first-order valence-electron chi connectivity index (χ1n) is 8.97. The predicted octanol–water partition coefficient (Wildman–Crippen LogP) is 2.05. The number of rotatable bonds is 10. The molecule has 0 unspecified atom stereocenters. The maximum atomic E-state index is 12.3. The van der Waals surface area contributed by atoms with Gasteiger partial charge >= 0.3 is 11.7 Å². The lowest BCUT2D eigenvalue weighted by Crippen LogP contribution is -2.29. The first-order chi connectivity index (χ1) is 12.5. The smallest absolute Gasteiger partial charge is 0.329 e. The number of esters is 1. The molecule has 0 aliphatic carbocycles. The topological polar surface area (TPSA) is 99.0 Å². The van der Waals surface area contributed by atoms with Gasteiger partial charge in [0.1, 0.15) is 0 Å². The molecule has 2 aromatic rings. The van der Waals surface area contributed by atoms with Crippen molar-refractivity contribution in [1.29, 1.82) is 0 Å². The third kappa shape index (κ3) is 4.78. The van der Waals surface area contributed by atoms with Crippen molar-refractivity contribution in [1.82, 2.24) is 19.1 Å². The highest BCUT2D eigenvalue weighted by molar-refractivity contribution is 7.99. The Hall–Kier alpha value is -2.03. The molecule has 0 radical (unpaired) electrons. The van der Waals surface area contributed by atoms with Gasteiger partial charge in [-0.25, -0.2) is 9.78 Å². The summed E-state index contributed by atoms with van der Waals surface area (Å²) in [6.45, 7) is 4.85. The first-order valence-corrected chi connectivity index (χ1v) is 9.96. The van der Waals surface area contributed by atoms with Gasteiger partial charge in [0, 0.05) is 13.6 Å². The molecule has 0 fully saturated rings. The minimum Gasteiger partial charge on any atom is -0.465 e. The maximum Gasteiger partial charge on any atom is 0.329 e. The van der Waals surface area contributed by atoms with Crippen molar-refractivity contribution < 1.29 is 9.53 Å². The van der Waals surface area contributed by atoms with Gasteiger partial charge in [-0.15, -0.1) is 0 Å². The van der Waals surface area contributed by atoms with Gasteiger partial charge in [-0.2, -0.15) is 0 Å². The number of unbranched alkanes of at least 4 members (excludes halogenated alkanes) is 4. The molecule has 0 saturated carbocycles. The molecule has 0 atom stereocenters. The fourth-order valence-electron chi connectivity index (χ4n) is 2.73. The second-order valence-corrected chi connectivity index (χ2v) is 6.99. The number of aryl methyl sites for hydroxylation is 2. The Morgan fingerprint density at radius 1 is 1.19 bits per heavy atom. The lowest BCUT2D eigenvalue weighted by molar-refractivity contribution is -0.139. The van der Waals surface area contributed by atoms with E-state index in [0.29, 0.717) is 29.5 Å². The predicted molar refractivity (Wildman–Crippen MR) is 102 cm³/mol. The Balaban J connectivity index is 2.32. The van der Waals surface area contributed by atoms with E-state index in [1.165, 1.54) is 22.7 Å². The van der Waals surface area contributed by atoms with E-state index < -0.39 is 11.2 Å². The summed E-state index contributed by atoms with van der Waals surface area (Å²) in [6, 6.07) is 0. The van der Waals surface area contributed by atoms with Crippen molar-refractivity contribution in [2.75, 3.05) is 12.4 Å². The quantitative estimate of drug-likeness (QED) is 0.384. The van der Waals surface area contributed by atoms with Gasteiger partial charge in [0.25, 0.3) is 5.56 Å². The fraction of sp³-hybridized carbons (Fsp3) is 0.647. The molecule has 9 heteroatoms. The highest BCUT2D eigenvalue weighted by Gasteiger charge is 2.18. The normalized spacial score (nSPS) is 11.2. The van der Waals surface area contributed by atoms with Crippen LogP contribution in [-0.2, 0) is 23.1 Å². The average molecular weight is 382 g/mol. The number of ether oxygens (including phenoxy) is 1. The number of H-pyrrole nitrogens is 1. The number of nitrogens with one attached hydrogen (secondary N) is 1. The molecule has 0 aliphatic rings. The maximum absolute atomic E-state index is 12.3. The van der Waals surface area contributed by atoms with E-state index in [2.05, 4.69) is 16.9 Å². The molecule has 2 heterocycles. The van der Waals surface area contributed by atoms with Crippen LogP contribution >= 0.6 is 11.8 Å². The monoisotopic (exact) mass is 382 g/mol. The lowest BCUT2D eigenvalue weighted by Gasteiger charge is -2.08. The molecular formula is C17H26N4O4S. The highest BCUT2D eigenvalue weighted by atomic mass is 32.2. The van der Waals surface area contributed by atoms with Crippen LogP contribution in [0.1, 0.15) is 46.0 Å². The summed E-state index contributed by atoms with van der Waals surface area (Å²) in [5.74, 6) is -0.222. The third-order valence-corrected chi connectivity index (χ3v) is 5.03. The third-order valence-electron chi connectivity index (χ3n) is 4.08. The molecule has 26 heavy (non-hydrogen) atoms. The number of hydrogen-bond acceptors (Lipinski definition) is 6. The number of aromatic nitrogens is 4. The molecule has 2 aromatic heterocycles. The van der Waals surface area contributed by atoms with E-state index in [0.717, 1.165) is 25.7 Å². The molecule has 0 aliphatic heterocycles. The number of aromatic amines is 1. The van der Waals surface area contributed by atoms with Crippen LogP contribution in [0.5, 0.6) is 0 Å². The van der Waals surface area contributed by atoms with Gasteiger partial charge in [0.05, 0.1) is 12.4 Å². The number of imidazole rings is 1. The summed E-state index contributed by atoms with van der Waals surface area (Å²) in [5, 5.41) is 0.551. The second kappa shape index (κ2) is 9.61. The van der Waals surface area contributed by atoms with Crippen LogP contribution in [0.15, 0.2) is 14.7 Å². The molecule has 2 rings (SSSR count). The summed E-state index contributed by atoms with van der Waals surface area (Å²) in [5.41, 5.74) is -0.253. The van der Waals surface area contributed by atoms with E-state index >= 15 is 0 Å². The Kier molecular flexibility index (Phi) is 7.50. The highest BCUT2D eigenvalue weighted by Crippen LogP contribution is 2.22. The van der Waals surface area contributed by atoms with Gasteiger partial charge < -0.3 is 9.30 Å². The number of nitrogens with zero attached hydrogens (tertiary/aromatic N) is 3. The SMILES string of the molecule is CCCCCCCn1c(SCC(=O)OCC)nc2c1c(=O)[nH]c(=O)n2C. The van der Waals surface area contributed by atoms with Gasteiger partial charge in [0.2, 0.25) is 0 Å². The Morgan fingerprint density at radius 2 is 1.92 bits per heavy atom. The number of thioether (sulfide) groups is 1. The molecule has 0 saturated heterocycles. The summed E-state index contributed by atoms with van der Waals surface area (Å²) in [4.78, 5) is 42.6. The van der Waals surface area contributed by atoms with Crippen LogP contribution in [0.4, 0.5) is 0 Å². The Labute approximate surface area is 156 Å². The average Bonchev–Trinajstić information content (AvgIpc) is 2.97. The second-order valence-electron chi connectivity index (χ2n) is 6.04. The minimum atomic E-state index is -0.503. The molecule has 0 amide bonds. The Bertz CT molecular complexity index is 868. The van der Waals surface area contributed by atoms with Crippen molar-refractivity contribution in [2.45, 2.75) is 57.7 Å². The van der Waals surface area contributed by atoms with E-state index in [1.807, 2.05) is 4.57 Å². The van der Waals surface area contributed by atoms with E-state index in [9.17, 15) is 14.4 Å². The summed E-state index contributed by atoms with van der Waals surface area (Å²) < 4.78 is 8.08. The van der Waals surface area contributed by atoms with E-state index in [1.54, 1.807) is 14.0 Å². The van der Waals surface area contributed by atoms with Gasteiger partial charge in [-0.3, -0.25) is 19.1 Å². The molecule has 0 spiro atoms. The van der Waals surface area contributed by atoms with Crippen LogP contribution in [0.25, 0.3) is 11.2 Å². The van der Waals surface area contributed by atoms with Crippen molar-refractivity contribution in [3.8, 4) is 0 Å². The largest absolute Gasteiger partial charge is 0.465 e. The number of fused-ring (bicyclic) bond motifs is 1. The van der Waals surface area contributed by atoms with Crippen LogP contribution < -0.4 is 11.2 Å². The molecule has 0 aromatic carbocycles. The van der Waals surface area contributed by atoms with E-state index in [-0.39, 0.29) is 11.7 Å².